The van der Waals surface area contributed by atoms with Gasteiger partial charge in [0.15, 0.2) is 5.69 Å². The zero-order valence-corrected chi connectivity index (χ0v) is 15.9. The number of aliphatic hydroxyl groups excluding tert-OH is 1. The average molecular weight is 397 g/mol. The van der Waals surface area contributed by atoms with Crippen LogP contribution in [0.1, 0.15) is 37.7 Å². The Labute approximate surface area is 160 Å². The number of rotatable bonds is 2. The summed E-state index contributed by atoms with van der Waals surface area (Å²) in [5, 5.41) is 9.14. The van der Waals surface area contributed by atoms with Crippen LogP contribution in [0.3, 0.4) is 0 Å². The lowest BCUT2D eigenvalue weighted by Gasteiger charge is -2.31. The number of aliphatic hydroxyl groups is 1. The van der Waals surface area contributed by atoms with Gasteiger partial charge in [-0.2, -0.15) is 13.2 Å². The minimum absolute atomic E-state index is 0.0640. The molecule has 0 fully saturated rings. The van der Waals surface area contributed by atoms with Gasteiger partial charge in [0.1, 0.15) is 11.4 Å². The third kappa shape index (κ3) is 4.14. The number of carbonyl (C=O) groups is 1. The number of halogens is 3. The quantitative estimate of drug-likeness (QED) is 0.837. The molecule has 3 rings (SSSR count). The van der Waals surface area contributed by atoms with Crippen molar-refractivity contribution < 1.29 is 27.8 Å². The highest BCUT2D eigenvalue weighted by molar-refractivity contribution is 5.68. The van der Waals surface area contributed by atoms with E-state index in [1.165, 1.54) is 9.47 Å². The molecule has 2 heterocycles. The highest BCUT2D eigenvalue weighted by atomic mass is 19.4. The van der Waals surface area contributed by atoms with E-state index in [1.807, 2.05) is 0 Å². The Balaban J connectivity index is 1.98. The number of hydrogen-bond donors (Lipinski definition) is 1. The summed E-state index contributed by atoms with van der Waals surface area (Å²) in [6.45, 7) is 5.12. The van der Waals surface area contributed by atoms with Crippen molar-refractivity contribution in [3.8, 4) is 11.4 Å². The van der Waals surface area contributed by atoms with E-state index < -0.39 is 23.6 Å². The summed E-state index contributed by atoms with van der Waals surface area (Å²) in [5.41, 5.74) is -0.629. The second kappa shape index (κ2) is 7.12. The number of fused-ring (bicyclic) bond motifs is 1. The van der Waals surface area contributed by atoms with Crippen LogP contribution in [0.4, 0.5) is 18.0 Å². The van der Waals surface area contributed by atoms with Gasteiger partial charge in [-0.05, 0) is 26.3 Å². The van der Waals surface area contributed by atoms with Crippen LogP contribution in [0.15, 0.2) is 24.3 Å². The van der Waals surface area contributed by atoms with E-state index in [1.54, 1.807) is 45.0 Å². The van der Waals surface area contributed by atoms with E-state index in [0.717, 1.165) is 0 Å². The predicted molar refractivity (Wildman–Crippen MR) is 95.2 cm³/mol. The van der Waals surface area contributed by atoms with Crippen LogP contribution in [-0.2, 0) is 30.6 Å². The number of aromatic nitrogens is 2. The predicted octanol–water partition coefficient (Wildman–Crippen LogP) is 3.81. The van der Waals surface area contributed by atoms with Crippen molar-refractivity contribution in [3.05, 3.63) is 41.2 Å². The third-order valence-electron chi connectivity index (χ3n) is 4.32. The molecular formula is C19H22F3N3O3. The van der Waals surface area contributed by atoms with Gasteiger partial charge in [0.25, 0.3) is 0 Å². The molecule has 0 saturated carbocycles. The smallest absolute Gasteiger partial charge is 0.435 e. The molecule has 0 atom stereocenters. The fourth-order valence-corrected chi connectivity index (χ4v) is 3.06. The zero-order valence-electron chi connectivity index (χ0n) is 15.9. The summed E-state index contributed by atoms with van der Waals surface area (Å²) < 4.78 is 47.5. The summed E-state index contributed by atoms with van der Waals surface area (Å²) >= 11 is 0. The molecule has 152 valence electrons. The molecule has 0 radical (unpaired) electrons. The first-order valence-corrected chi connectivity index (χ1v) is 8.84. The Morgan fingerprint density at radius 2 is 1.82 bits per heavy atom. The Morgan fingerprint density at radius 3 is 2.36 bits per heavy atom. The van der Waals surface area contributed by atoms with Gasteiger partial charge in [-0.15, -0.1) is 0 Å². The van der Waals surface area contributed by atoms with Gasteiger partial charge in [0.2, 0.25) is 0 Å². The first kappa shape index (κ1) is 20.2. The Bertz CT molecular complexity index is 868. The van der Waals surface area contributed by atoms with Crippen LogP contribution in [-0.4, -0.2) is 37.8 Å². The van der Waals surface area contributed by atoms with Gasteiger partial charge in [-0.1, -0.05) is 24.3 Å². The molecular weight excluding hydrogens is 375 g/mol. The van der Waals surface area contributed by atoms with Gasteiger partial charge in [-0.25, -0.2) is 9.78 Å². The Hall–Kier alpha value is -2.55. The molecule has 0 bridgehead atoms. The van der Waals surface area contributed by atoms with E-state index >= 15 is 0 Å². The second-order valence-electron chi connectivity index (χ2n) is 7.64. The molecule has 0 unspecified atom stereocenters. The number of alkyl halides is 3. The van der Waals surface area contributed by atoms with Gasteiger partial charge in [0.05, 0.1) is 18.8 Å². The maximum absolute atomic E-state index is 13.6. The first-order chi connectivity index (χ1) is 13.0. The van der Waals surface area contributed by atoms with Crippen molar-refractivity contribution in [1.29, 1.82) is 0 Å². The number of benzene rings is 1. The van der Waals surface area contributed by atoms with Crippen molar-refractivity contribution in [3.63, 3.8) is 0 Å². The second-order valence-corrected chi connectivity index (χ2v) is 7.64. The molecule has 1 aromatic carbocycles. The zero-order chi connectivity index (χ0) is 20.7. The minimum Gasteiger partial charge on any atom is -0.444 e. The lowest BCUT2D eigenvalue weighted by molar-refractivity contribution is -0.142. The number of amides is 1. The summed E-state index contributed by atoms with van der Waals surface area (Å²) in [6, 6.07) is 6.53. The van der Waals surface area contributed by atoms with E-state index in [-0.39, 0.29) is 37.8 Å². The van der Waals surface area contributed by atoms with Crippen LogP contribution in [0, 0.1) is 0 Å². The molecule has 0 aliphatic carbocycles. The Morgan fingerprint density at radius 1 is 1.18 bits per heavy atom. The Kier molecular flexibility index (Phi) is 5.14. The molecule has 1 N–H and O–H groups in total. The molecule has 6 nitrogen and oxygen atoms in total. The van der Waals surface area contributed by atoms with E-state index in [4.69, 9.17) is 9.84 Å². The van der Waals surface area contributed by atoms with Crippen molar-refractivity contribution >= 4 is 6.09 Å². The number of nitrogens with zero attached hydrogens (tertiary/aromatic N) is 3. The summed E-state index contributed by atoms with van der Waals surface area (Å²) in [4.78, 5) is 17.4. The molecule has 1 amide bonds. The summed E-state index contributed by atoms with van der Waals surface area (Å²) in [6.07, 6.45) is -5.29. The van der Waals surface area contributed by atoms with Crippen LogP contribution in [0.5, 0.6) is 0 Å². The SMILES string of the molecule is CC(C)(C)OC(=O)N1CCn2c(-c3ccc(CO)cc3)nc(C(F)(F)F)c2C1. The molecule has 1 aliphatic rings. The minimum atomic E-state index is -4.64. The molecule has 28 heavy (non-hydrogen) atoms. The summed E-state index contributed by atoms with van der Waals surface area (Å²) in [7, 11) is 0. The third-order valence-corrected chi connectivity index (χ3v) is 4.32. The molecule has 9 heteroatoms. The van der Waals surface area contributed by atoms with E-state index in [2.05, 4.69) is 4.98 Å². The van der Waals surface area contributed by atoms with Gasteiger partial charge >= 0.3 is 12.3 Å². The van der Waals surface area contributed by atoms with E-state index in [9.17, 15) is 18.0 Å². The maximum atomic E-state index is 13.6. The fourth-order valence-electron chi connectivity index (χ4n) is 3.06. The fraction of sp³-hybridized carbons (Fsp3) is 0.474. The maximum Gasteiger partial charge on any atom is 0.435 e. The highest BCUT2D eigenvalue weighted by Gasteiger charge is 2.41. The molecule has 2 aromatic rings. The topological polar surface area (TPSA) is 67.6 Å². The van der Waals surface area contributed by atoms with Crippen molar-refractivity contribution in [2.45, 2.75) is 52.2 Å². The molecule has 0 spiro atoms. The van der Waals surface area contributed by atoms with Gasteiger partial charge in [0, 0.05) is 18.7 Å². The normalized spacial score (nSPS) is 14.8. The number of hydrogen-bond acceptors (Lipinski definition) is 4. The van der Waals surface area contributed by atoms with Crippen molar-refractivity contribution in [2.75, 3.05) is 6.54 Å². The largest absolute Gasteiger partial charge is 0.444 e. The number of carbonyl (C=O) groups excluding carboxylic acids is 1. The van der Waals surface area contributed by atoms with E-state index in [0.29, 0.717) is 11.1 Å². The molecule has 1 aromatic heterocycles. The lowest BCUT2D eigenvalue weighted by Crippen LogP contribution is -2.42. The highest BCUT2D eigenvalue weighted by Crippen LogP contribution is 2.36. The van der Waals surface area contributed by atoms with Crippen LogP contribution in [0.25, 0.3) is 11.4 Å². The number of ether oxygens (including phenoxy) is 1. The number of imidazole rings is 1. The van der Waals surface area contributed by atoms with Crippen LogP contribution in [0.2, 0.25) is 0 Å². The van der Waals surface area contributed by atoms with Crippen LogP contribution >= 0.6 is 0 Å². The lowest BCUT2D eigenvalue weighted by atomic mass is 10.1. The van der Waals surface area contributed by atoms with Crippen LogP contribution < -0.4 is 0 Å². The first-order valence-electron chi connectivity index (χ1n) is 8.84. The van der Waals surface area contributed by atoms with Gasteiger partial charge < -0.3 is 19.3 Å². The summed E-state index contributed by atoms with van der Waals surface area (Å²) in [5.74, 6) is 0.190. The van der Waals surface area contributed by atoms with Crippen molar-refractivity contribution in [2.24, 2.45) is 0 Å². The van der Waals surface area contributed by atoms with Crippen molar-refractivity contribution in [1.82, 2.24) is 14.5 Å². The molecule has 1 aliphatic heterocycles. The standard InChI is InChI=1S/C19H22F3N3O3/c1-18(2,3)28-17(27)24-8-9-25-14(10-24)15(19(20,21)22)23-16(25)13-6-4-12(11-26)5-7-13/h4-7,26H,8-11H2,1-3H3. The average Bonchev–Trinajstić information content (AvgIpc) is 2.99. The molecule has 0 saturated heterocycles. The monoisotopic (exact) mass is 397 g/mol. The van der Waals surface area contributed by atoms with Gasteiger partial charge in [-0.3, -0.25) is 0 Å².